The van der Waals surface area contributed by atoms with E-state index in [1.54, 1.807) is 7.11 Å². The largest absolute Gasteiger partial charge is 0.495 e. The summed E-state index contributed by atoms with van der Waals surface area (Å²) in [7, 11) is 1.70. The van der Waals surface area contributed by atoms with Crippen molar-refractivity contribution < 1.29 is 9.53 Å². The van der Waals surface area contributed by atoms with Crippen molar-refractivity contribution in [1.29, 1.82) is 0 Å². The molecule has 5 rings (SSSR count). The summed E-state index contributed by atoms with van der Waals surface area (Å²) in [6, 6.07) is 15.5. The Kier molecular flexibility index (Phi) is 6.28. The van der Waals surface area contributed by atoms with E-state index in [0.29, 0.717) is 28.8 Å². The van der Waals surface area contributed by atoms with Crippen LogP contribution in [0.1, 0.15) is 36.3 Å². The molecule has 8 heteroatoms. The van der Waals surface area contributed by atoms with Gasteiger partial charge in [-0.2, -0.15) is 4.98 Å². The van der Waals surface area contributed by atoms with E-state index in [-0.39, 0.29) is 11.2 Å². The van der Waals surface area contributed by atoms with E-state index in [4.69, 9.17) is 26.3 Å². The molecule has 1 fully saturated rings. The average Bonchev–Trinajstić information content (AvgIpc) is 2.84. The molecule has 2 aliphatic rings. The van der Waals surface area contributed by atoms with E-state index in [9.17, 15) is 4.79 Å². The summed E-state index contributed by atoms with van der Waals surface area (Å²) in [4.78, 5) is 27.5. The molecular weight excluding hydrogens is 462 g/mol. The summed E-state index contributed by atoms with van der Waals surface area (Å²) in [5, 5.41) is 4.02. The third-order valence-electron chi connectivity index (χ3n) is 6.63. The van der Waals surface area contributed by atoms with Crippen LogP contribution < -0.4 is 19.9 Å². The van der Waals surface area contributed by atoms with Gasteiger partial charge in [0.1, 0.15) is 11.6 Å². The Hall–Kier alpha value is -3.32. The molecule has 2 heterocycles. The molecule has 0 amide bonds. The van der Waals surface area contributed by atoms with Gasteiger partial charge in [0, 0.05) is 43.3 Å². The van der Waals surface area contributed by atoms with Gasteiger partial charge in [0.25, 0.3) is 0 Å². The molecule has 0 spiro atoms. The van der Waals surface area contributed by atoms with E-state index >= 15 is 0 Å². The highest BCUT2D eigenvalue weighted by molar-refractivity contribution is 6.30. The molecule has 0 bridgehead atoms. The summed E-state index contributed by atoms with van der Waals surface area (Å²) in [6.45, 7) is 7.43. The zero-order valence-electron chi connectivity index (χ0n) is 20.3. The quantitative estimate of drug-likeness (QED) is 0.514. The lowest BCUT2D eigenvalue weighted by Crippen LogP contribution is -2.47. The van der Waals surface area contributed by atoms with Crippen molar-refractivity contribution in [3.8, 4) is 5.75 Å². The zero-order valence-corrected chi connectivity index (χ0v) is 21.1. The number of carbonyl (C=O) groups is 1. The lowest BCUT2D eigenvalue weighted by Gasteiger charge is -2.37. The van der Waals surface area contributed by atoms with Crippen LogP contribution in [0.5, 0.6) is 5.75 Å². The lowest BCUT2D eigenvalue weighted by atomic mass is 9.75. The van der Waals surface area contributed by atoms with Crippen molar-refractivity contribution in [2.75, 3.05) is 48.4 Å². The minimum absolute atomic E-state index is 0.0836. The Balaban J connectivity index is 1.44. The minimum atomic E-state index is -0.129. The van der Waals surface area contributed by atoms with Crippen LogP contribution in [0.15, 0.2) is 48.5 Å². The van der Waals surface area contributed by atoms with Crippen LogP contribution in [0.4, 0.5) is 23.1 Å². The van der Waals surface area contributed by atoms with Gasteiger partial charge in [-0.15, -0.1) is 0 Å². The Labute approximate surface area is 211 Å². The number of benzene rings is 2. The molecule has 1 aromatic heterocycles. The third kappa shape index (κ3) is 4.91. The van der Waals surface area contributed by atoms with Crippen LogP contribution >= 0.6 is 11.6 Å². The standard InChI is InChI=1S/C27H30ClN5O2/c1-27(2)16-20-24(22(34)17-27)25(29-19-10-8-18(28)9-11-19)31-26(30-20)33-14-12-32(13-15-33)21-6-4-5-7-23(21)35-3/h4-11H,12-17H2,1-3H3,(H,29,30,31). The number of hydrogen-bond donors (Lipinski definition) is 1. The maximum absolute atomic E-state index is 13.1. The Morgan fingerprint density at radius 3 is 2.34 bits per heavy atom. The van der Waals surface area contributed by atoms with Crippen LogP contribution in [0.2, 0.25) is 5.02 Å². The second kappa shape index (κ2) is 9.38. The number of hydrogen-bond acceptors (Lipinski definition) is 7. The molecule has 0 saturated carbocycles. The molecule has 1 saturated heterocycles. The SMILES string of the molecule is COc1ccccc1N1CCN(c2nc3c(c(Nc4ccc(Cl)cc4)n2)C(=O)CC(C)(C)C3)CC1. The maximum Gasteiger partial charge on any atom is 0.227 e. The summed E-state index contributed by atoms with van der Waals surface area (Å²) in [5.41, 5.74) is 3.23. The highest BCUT2D eigenvalue weighted by atomic mass is 35.5. The number of piperazine rings is 1. The smallest absolute Gasteiger partial charge is 0.227 e. The normalized spacial score (nSPS) is 17.2. The first-order chi connectivity index (χ1) is 16.8. The molecule has 0 radical (unpaired) electrons. The number of rotatable bonds is 5. The van der Waals surface area contributed by atoms with Crippen molar-refractivity contribution >= 4 is 40.5 Å². The second-order valence-corrected chi connectivity index (χ2v) is 10.3. The summed E-state index contributed by atoms with van der Waals surface area (Å²) in [5.74, 6) is 2.19. The highest BCUT2D eigenvalue weighted by Gasteiger charge is 2.35. The van der Waals surface area contributed by atoms with Gasteiger partial charge in [-0.3, -0.25) is 4.79 Å². The predicted octanol–water partition coefficient (Wildman–Crippen LogP) is 5.36. The molecule has 1 aliphatic heterocycles. The average molecular weight is 492 g/mol. The number of para-hydroxylation sites is 2. The summed E-state index contributed by atoms with van der Waals surface area (Å²) >= 11 is 6.06. The number of nitrogens with zero attached hydrogens (tertiary/aromatic N) is 4. The van der Waals surface area contributed by atoms with Gasteiger partial charge in [0.2, 0.25) is 5.95 Å². The van der Waals surface area contributed by atoms with Crippen LogP contribution in [0.3, 0.4) is 0 Å². The van der Waals surface area contributed by atoms with Crippen molar-refractivity contribution in [3.63, 3.8) is 0 Å². The molecular formula is C27H30ClN5O2. The fraction of sp³-hybridized carbons (Fsp3) is 0.370. The van der Waals surface area contributed by atoms with Gasteiger partial charge < -0.3 is 19.9 Å². The molecule has 2 aromatic carbocycles. The highest BCUT2D eigenvalue weighted by Crippen LogP contribution is 2.38. The van der Waals surface area contributed by atoms with Crippen LogP contribution in [-0.2, 0) is 6.42 Å². The van der Waals surface area contributed by atoms with Crippen molar-refractivity contribution in [2.24, 2.45) is 5.41 Å². The van der Waals surface area contributed by atoms with Crippen molar-refractivity contribution in [3.05, 3.63) is 64.8 Å². The monoisotopic (exact) mass is 491 g/mol. The molecule has 3 aromatic rings. The van der Waals surface area contributed by atoms with Crippen LogP contribution in [-0.4, -0.2) is 49.0 Å². The van der Waals surface area contributed by atoms with Gasteiger partial charge in [0.05, 0.1) is 24.1 Å². The first-order valence-electron chi connectivity index (χ1n) is 11.9. The molecule has 1 aliphatic carbocycles. The fourth-order valence-electron chi connectivity index (χ4n) is 4.89. The second-order valence-electron chi connectivity index (χ2n) is 9.91. The van der Waals surface area contributed by atoms with Crippen molar-refractivity contribution in [2.45, 2.75) is 26.7 Å². The Morgan fingerprint density at radius 1 is 0.943 bits per heavy atom. The third-order valence-corrected chi connectivity index (χ3v) is 6.88. The van der Waals surface area contributed by atoms with Gasteiger partial charge in [-0.05, 0) is 48.2 Å². The van der Waals surface area contributed by atoms with E-state index in [0.717, 1.165) is 55.4 Å². The topological polar surface area (TPSA) is 70.6 Å². The fourth-order valence-corrected chi connectivity index (χ4v) is 5.02. The number of fused-ring (bicyclic) bond motifs is 1. The zero-order chi connectivity index (χ0) is 24.6. The number of halogens is 1. The number of methoxy groups -OCH3 is 1. The molecule has 35 heavy (non-hydrogen) atoms. The maximum atomic E-state index is 13.1. The van der Waals surface area contributed by atoms with E-state index in [2.05, 4.69) is 35.0 Å². The Bertz CT molecular complexity index is 1240. The van der Waals surface area contributed by atoms with Gasteiger partial charge in [0.15, 0.2) is 5.78 Å². The minimum Gasteiger partial charge on any atom is -0.495 e. The molecule has 7 nitrogen and oxygen atoms in total. The van der Waals surface area contributed by atoms with E-state index in [1.165, 1.54) is 0 Å². The van der Waals surface area contributed by atoms with Gasteiger partial charge >= 0.3 is 0 Å². The molecule has 1 N–H and O–H groups in total. The predicted molar refractivity (Wildman–Crippen MR) is 141 cm³/mol. The number of ketones is 1. The molecule has 0 unspecified atom stereocenters. The molecule has 0 atom stereocenters. The molecule has 182 valence electrons. The first-order valence-corrected chi connectivity index (χ1v) is 12.3. The first kappa shape index (κ1) is 23.4. The summed E-state index contributed by atoms with van der Waals surface area (Å²) in [6.07, 6.45) is 1.22. The van der Waals surface area contributed by atoms with Crippen molar-refractivity contribution in [1.82, 2.24) is 9.97 Å². The van der Waals surface area contributed by atoms with Gasteiger partial charge in [-0.1, -0.05) is 37.6 Å². The van der Waals surface area contributed by atoms with Crippen LogP contribution in [0.25, 0.3) is 0 Å². The Morgan fingerprint density at radius 2 is 1.63 bits per heavy atom. The van der Waals surface area contributed by atoms with Gasteiger partial charge in [-0.25, -0.2) is 4.98 Å². The number of ether oxygens (including phenoxy) is 1. The van der Waals surface area contributed by atoms with E-state index in [1.807, 2.05) is 42.5 Å². The number of carbonyl (C=O) groups excluding carboxylic acids is 1. The van der Waals surface area contributed by atoms with Crippen LogP contribution in [0, 0.1) is 5.41 Å². The number of nitrogens with one attached hydrogen (secondary N) is 1. The number of anilines is 4. The lowest BCUT2D eigenvalue weighted by molar-refractivity contribution is 0.0911. The van der Waals surface area contributed by atoms with E-state index < -0.39 is 0 Å². The summed E-state index contributed by atoms with van der Waals surface area (Å²) < 4.78 is 5.55. The number of aromatic nitrogens is 2. The number of Topliss-reactive ketones (excluding diaryl/α,β-unsaturated/α-hetero) is 1.